The van der Waals surface area contributed by atoms with Crippen LogP contribution >= 0.6 is 0 Å². The third kappa shape index (κ3) is 4.54. The topological polar surface area (TPSA) is 115 Å². The van der Waals surface area contributed by atoms with Gasteiger partial charge in [0, 0.05) is 24.5 Å². The van der Waals surface area contributed by atoms with Crippen molar-refractivity contribution in [2.45, 2.75) is 13.3 Å². The summed E-state index contributed by atoms with van der Waals surface area (Å²) in [4.78, 5) is 33.9. The molecule has 0 saturated carbocycles. The van der Waals surface area contributed by atoms with Crippen molar-refractivity contribution in [2.24, 2.45) is 0 Å². The van der Waals surface area contributed by atoms with Gasteiger partial charge in [-0.3, -0.25) is 9.78 Å². The van der Waals surface area contributed by atoms with Crippen LogP contribution in [-0.4, -0.2) is 48.2 Å². The van der Waals surface area contributed by atoms with Crippen molar-refractivity contribution in [1.29, 1.82) is 5.26 Å². The van der Waals surface area contributed by atoms with Crippen molar-refractivity contribution in [3.63, 3.8) is 0 Å². The monoisotopic (exact) mass is 382 g/mol. The van der Waals surface area contributed by atoms with Crippen molar-refractivity contribution in [3.8, 4) is 17.6 Å². The fraction of sp³-hybridized carbons (Fsp3) is 0.316. The molecule has 1 aromatic carbocycles. The van der Waals surface area contributed by atoms with E-state index >= 15 is 0 Å². The predicted octanol–water partition coefficient (Wildman–Crippen LogP) is 1.66. The van der Waals surface area contributed by atoms with Gasteiger partial charge in [-0.15, -0.1) is 0 Å². The van der Waals surface area contributed by atoms with Gasteiger partial charge in [-0.1, -0.05) is 0 Å². The van der Waals surface area contributed by atoms with E-state index in [2.05, 4.69) is 9.97 Å². The van der Waals surface area contributed by atoms with Gasteiger partial charge >= 0.3 is 5.97 Å². The fourth-order valence-electron chi connectivity index (χ4n) is 2.54. The van der Waals surface area contributed by atoms with Gasteiger partial charge in [0.15, 0.2) is 23.8 Å². The maximum atomic E-state index is 12.6. The first-order chi connectivity index (χ1) is 13.6. The molecule has 0 fully saturated rings. The van der Waals surface area contributed by atoms with Crippen LogP contribution in [0.2, 0.25) is 0 Å². The summed E-state index contributed by atoms with van der Waals surface area (Å²) in [5, 5.41) is 8.89. The van der Waals surface area contributed by atoms with E-state index in [1.165, 1.54) is 17.3 Å². The quantitative estimate of drug-likeness (QED) is 0.693. The summed E-state index contributed by atoms with van der Waals surface area (Å²) in [6.07, 6.45) is 2.85. The predicted molar refractivity (Wildman–Crippen MR) is 97.1 cm³/mol. The molecule has 1 aromatic heterocycles. The van der Waals surface area contributed by atoms with Gasteiger partial charge < -0.3 is 19.1 Å². The smallest absolute Gasteiger partial charge is 0.359 e. The Morgan fingerprint density at radius 2 is 2.00 bits per heavy atom. The maximum Gasteiger partial charge on any atom is 0.359 e. The highest BCUT2D eigenvalue weighted by atomic mass is 16.6. The Hall–Kier alpha value is -3.67. The lowest BCUT2D eigenvalue weighted by Crippen LogP contribution is -2.35. The van der Waals surface area contributed by atoms with Crippen LogP contribution in [0.25, 0.3) is 0 Å². The van der Waals surface area contributed by atoms with Crippen LogP contribution in [0.3, 0.4) is 0 Å². The number of aryl methyl sites for hydroxylation is 1. The summed E-state index contributed by atoms with van der Waals surface area (Å²) in [5.41, 5.74) is 1.20. The van der Waals surface area contributed by atoms with Crippen molar-refractivity contribution in [2.75, 3.05) is 31.3 Å². The molecule has 144 valence electrons. The van der Waals surface area contributed by atoms with E-state index in [1.807, 2.05) is 6.07 Å². The summed E-state index contributed by atoms with van der Waals surface area (Å²) in [5.74, 6) is -0.110. The maximum absolute atomic E-state index is 12.6. The Kier molecular flexibility index (Phi) is 6.01. The Bertz CT molecular complexity index is 908. The van der Waals surface area contributed by atoms with Gasteiger partial charge in [0.2, 0.25) is 0 Å². The summed E-state index contributed by atoms with van der Waals surface area (Å²) in [6.45, 7) is 2.27. The molecule has 0 spiro atoms. The first-order valence-electron chi connectivity index (χ1n) is 8.61. The Balaban J connectivity index is 1.70. The lowest BCUT2D eigenvalue weighted by molar-refractivity contribution is -0.121. The normalized spacial score (nSPS) is 12.0. The third-order valence-electron chi connectivity index (χ3n) is 3.90. The van der Waals surface area contributed by atoms with Gasteiger partial charge in [-0.05, 0) is 19.1 Å². The minimum atomic E-state index is -0.747. The molecule has 0 saturated heterocycles. The number of hydrogen-bond acceptors (Lipinski definition) is 8. The van der Waals surface area contributed by atoms with Crippen LogP contribution in [0.15, 0.2) is 30.6 Å². The number of aromatic nitrogens is 2. The average molecular weight is 382 g/mol. The molecule has 9 heteroatoms. The molecule has 0 atom stereocenters. The Morgan fingerprint density at radius 3 is 2.71 bits per heavy atom. The molecule has 3 rings (SSSR count). The lowest BCUT2D eigenvalue weighted by Gasteiger charge is -2.24. The molecule has 0 radical (unpaired) electrons. The zero-order chi connectivity index (χ0) is 19.9. The number of carbonyl (C=O) groups is 2. The van der Waals surface area contributed by atoms with Crippen molar-refractivity contribution < 1.29 is 23.8 Å². The summed E-state index contributed by atoms with van der Waals surface area (Å²) >= 11 is 0. The van der Waals surface area contributed by atoms with Crippen LogP contribution in [0.4, 0.5) is 5.69 Å². The van der Waals surface area contributed by atoms with E-state index in [4.69, 9.17) is 19.5 Å². The number of ether oxygens (including phenoxy) is 3. The standard InChI is InChI=1S/C19H18N4O5/c1-13-10-22-15(11-21-13)19(25)28-12-18(24)23(6-2-5-20)14-3-4-16-17(9-14)27-8-7-26-16/h3-4,9-11H,2,6-8,12H2,1H3. The largest absolute Gasteiger partial charge is 0.486 e. The number of rotatable bonds is 6. The average Bonchev–Trinajstić information content (AvgIpc) is 2.72. The lowest BCUT2D eigenvalue weighted by atomic mass is 10.2. The molecule has 28 heavy (non-hydrogen) atoms. The number of nitriles is 1. The molecular formula is C19H18N4O5. The third-order valence-corrected chi connectivity index (χ3v) is 3.90. The van der Waals surface area contributed by atoms with Gasteiger partial charge in [0.05, 0.1) is 24.4 Å². The summed E-state index contributed by atoms with van der Waals surface area (Å²) < 4.78 is 16.1. The van der Waals surface area contributed by atoms with Crippen molar-refractivity contribution >= 4 is 17.6 Å². The van der Waals surface area contributed by atoms with Crippen LogP contribution < -0.4 is 14.4 Å². The van der Waals surface area contributed by atoms with Crippen molar-refractivity contribution in [1.82, 2.24) is 9.97 Å². The first kappa shape index (κ1) is 19.1. The SMILES string of the molecule is Cc1cnc(C(=O)OCC(=O)N(CCC#N)c2ccc3c(c2)OCCO3)cn1. The van der Waals surface area contributed by atoms with Gasteiger partial charge in [0.25, 0.3) is 5.91 Å². The molecule has 9 nitrogen and oxygen atoms in total. The number of amides is 1. The number of carbonyl (C=O) groups excluding carboxylic acids is 2. The molecule has 0 unspecified atom stereocenters. The van der Waals surface area contributed by atoms with Gasteiger partial charge in [0.1, 0.15) is 13.2 Å². The number of esters is 1. The van der Waals surface area contributed by atoms with E-state index in [1.54, 1.807) is 25.1 Å². The van der Waals surface area contributed by atoms with Crippen LogP contribution in [0.1, 0.15) is 22.6 Å². The second kappa shape index (κ2) is 8.81. The molecule has 2 aromatic rings. The molecule has 2 heterocycles. The van der Waals surface area contributed by atoms with Crippen LogP contribution in [-0.2, 0) is 9.53 Å². The molecule has 1 aliphatic rings. The van der Waals surface area contributed by atoms with Crippen LogP contribution in [0, 0.1) is 18.3 Å². The number of nitrogens with zero attached hydrogens (tertiary/aromatic N) is 4. The highest BCUT2D eigenvalue weighted by molar-refractivity contribution is 5.96. The molecule has 0 bridgehead atoms. The second-order valence-electron chi connectivity index (χ2n) is 5.90. The zero-order valence-corrected chi connectivity index (χ0v) is 15.3. The van der Waals surface area contributed by atoms with Gasteiger partial charge in [-0.25, -0.2) is 9.78 Å². The first-order valence-corrected chi connectivity index (χ1v) is 8.61. The number of fused-ring (bicyclic) bond motifs is 1. The zero-order valence-electron chi connectivity index (χ0n) is 15.3. The second-order valence-corrected chi connectivity index (χ2v) is 5.90. The summed E-state index contributed by atoms with van der Waals surface area (Å²) in [6, 6.07) is 7.06. The minimum Gasteiger partial charge on any atom is -0.486 e. The van der Waals surface area contributed by atoms with E-state index in [9.17, 15) is 9.59 Å². The van der Waals surface area contributed by atoms with E-state index < -0.39 is 18.5 Å². The highest BCUT2D eigenvalue weighted by Gasteiger charge is 2.21. The van der Waals surface area contributed by atoms with E-state index in [0.29, 0.717) is 36.1 Å². The molecule has 0 aliphatic carbocycles. The molecule has 1 aliphatic heterocycles. The summed E-state index contributed by atoms with van der Waals surface area (Å²) in [7, 11) is 0. The van der Waals surface area contributed by atoms with E-state index in [0.717, 1.165) is 0 Å². The molecule has 0 N–H and O–H groups in total. The molecule has 1 amide bonds. The fourth-order valence-corrected chi connectivity index (χ4v) is 2.54. The number of anilines is 1. The van der Waals surface area contributed by atoms with Gasteiger partial charge in [-0.2, -0.15) is 5.26 Å². The molecular weight excluding hydrogens is 364 g/mol. The van der Waals surface area contributed by atoms with Crippen molar-refractivity contribution in [3.05, 3.63) is 42.0 Å². The highest BCUT2D eigenvalue weighted by Crippen LogP contribution is 2.34. The Labute approximate surface area is 161 Å². The van der Waals surface area contributed by atoms with E-state index in [-0.39, 0.29) is 18.7 Å². The minimum absolute atomic E-state index is 0.0151. The Morgan fingerprint density at radius 1 is 1.21 bits per heavy atom. The number of hydrogen-bond donors (Lipinski definition) is 0. The van der Waals surface area contributed by atoms with Crippen LogP contribution in [0.5, 0.6) is 11.5 Å². The number of benzene rings is 1.